The van der Waals surface area contributed by atoms with Crippen molar-refractivity contribution in [2.75, 3.05) is 0 Å². The van der Waals surface area contributed by atoms with Crippen molar-refractivity contribution < 1.29 is 4.74 Å². The standard InChI is InChI=1S/C8H10N2OS/c1-5-7(11-6(2)10-5)8-9-3-4-12-8/h3-5,7H,1-2H3. The van der Waals surface area contributed by atoms with Crippen LogP contribution in [0.1, 0.15) is 25.0 Å². The first kappa shape index (κ1) is 7.73. The Morgan fingerprint density at radius 2 is 2.42 bits per heavy atom. The molecule has 0 aliphatic carbocycles. The van der Waals surface area contributed by atoms with Crippen molar-refractivity contribution in [2.24, 2.45) is 4.99 Å². The third-order valence-electron chi connectivity index (χ3n) is 1.82. The Balaban J connectivity index is 2.19. The second kappa shape index (κ2) is 2.86. The molecule has 0 bridgehead atoms. The zero-order valence-electron chi connectivity index (χ0n) is 7.02. The molecule has 1 aliphatic rings. The largest absolute Gasteiger partial charge is 0.468 e. The molecule has 1 aliphatic heterocycles. The van der Waals surface area contributed by atoms with Crippen LogP contribution in [-0.4, -0.2) is 16.9 Å². The lowest BCUT2D eigenvalue weighted by Gasteiger charge is -2.10. The smallest absolute Gasteiger partial charge is 0.181 e. The number of aliphatic imine (C=N–C) groups is 1. The molecule has 1 aromatic heterocycles. The minimum Gasteiger partial charge on any atom is -0.468 e. The second-order valence-corrected chi connectivity index (χ2v) is 3.72. The molecule has 0 radical (unpaired) electrons. The van der Waals surface area contributed by atoms with Crippen molar-refractivity contribution in [3.63, 3.8) is 0 Å². The van der Waals surface area contributed by atoms with E-state index in [1.807, 2.05) is 19.2 Å². The van der Waals surface area contributed by atoms with Gasteiger partial charge in [0.1, 0.15) is 5.01 Å². The second-order valence-electron chi connectivity index (χ2n) is 2.80. The average molecular weight is 182 g/mol. The predicted molar refractivity (Wildman–Crippen MR) is 48.5 cm³/mol. The van der Waals surface area contributed by atoms with E-state index in [1.165, 1.54) is 0 Å². The summed E-state index contributed by atoms with van der Waals surface area (Å²) < 4.78 is 5.52. The van der Waals surface area contributed by atoms with Crippen LogP contribution in [0.2, 0.25) is 0 Å². The van der Waals surface area contributed by atoms with Crippen LogP contribution in [0.5, 0.6) is 0 Å². The first-order valence-corrected chi connectivity index (χ1v) is 4.76. The fraction of sp³-hybridized carbons (Fsp3) is 0.500. The fourth-order valence-electron chi connectivity index (χ4n) is 1.30. The van der Waals surface area contributed by atoms with E-state index in [0.29, 0.717) is 0 Å². The molecule has 0 saturated carbocycles. The average Bonchev–Trinajstić information content (AvgIpc) is 2.58. The van der Waals surface area contributed by atoms with E-state index in [2.05, 4.69) is 9.98 Å². The first-order valence-electron chi connectivity index (χ1n) is 3.88. The third-order valence-corrected chi connectivity index (χ3v) is 2.65. The number of hydrogen-bond acceptors (Lipinski definition) is 4. The van der Waals surface area contributed by atoms with Gasteiger partial charge in [0.2, 0.25) is 0 Å². The molecular formula is C8H10N2OS. The highest BCUT2D eigenvalue weighted by atomic mass is 32.1. The molecule has 1 aromatic rings. The van der Waals surface area contributed by atoms with Crippen LogP contribution in [0, 0.1) is 0 Å². The summed E-state index contributed by atoms with van der Waals surface area (Å²) in [4.78, 5) is 8.49. The van der Waals surface area contributed by atoms with Gasteiger partial charge in [0, 0.05) is 18.5 Å². The Morgan fingerprint density at radius 3 is 2.92 bits per heavy atom. The van der Waals surface area contributed by atoms with Gasteiger partial charge in [-0.05, 0) is 6.92 Å². The molecule has 2 heterocycles. The van der Waals surface area contributed by atoms with Crippen LogP contribution in [0.3, 0.4) is 0 Å². The van der Waals surface area contributed by atoms with E-state index >= 15 is 0 Å². The normalized spacial score (nSPS) is 28.3. The fourth-order valence-corrected chi connectivity index (χ4v) is 2.06. The molecule has 0 saturated heterocycles. The third kappa shape index (κ3) is 1.22. The van der Waals surface area contributed by atoms with Gasteiger partial charge >= 0.3 is 0 Å². The SMILES string of the molecule is CC1=NC(C)C(c2nccs2)O1. The lowest BCUT2D eigenvalue weighted by atomic mass is 10.2. The van der Waals surface area contributed by atoms with Gasteiger partial charge in [-0.25, -0.2) is 9.98 Å². The Bertz CT molecular complexity index is 294. The monoisotopic (exact) mass is 182 g/mol. The van der Waals surface area contributed by atoms with E-state index in [9.17, 15) is 0 Å². The molecule has 0 spiro atoms. The van der Waals surface area contributed by atoms with E-state index in [4.69, 9.17) is 4.74 Å². The highest BCUT2D eigenvalue weighted by Gasteiger charge is 2.28. The van der Waals surface area contributed by atoms with Crippen molar-refractivity contribution in [3.8, 4) is 0 Å². The molecule has 2 unspecified atom stereocenters. The van der Waals surface area contributed by atoms with Crippen LogP contribution in [0.25, 0.3) is 0 Å². The van der Waals surface area contributed by atoms with Gasteiger partial charge in [-0.15, -0.1) is 11.3 Å². The molecular weight excluding hydrogens is 172 g/mol. The minimum atomic E-state index is 0.0463. The summed E-state index contributed by atoms with van der Waals surface area (Å²) in [5, 5.41) is 2.97. The van der Waals surface area contributed by atoms with Crippen LogP contribution < -0.4 is 0 Å². The van der Waals surface area contributed by atoms with Crippen molar-refractivity contribution in [2.45, 2.75) is 26.0 Å². The first-order chi connectivity index (χ1) is 5.77. The van der Waals surface area contributed by atoms with Crippen LogP contribution >= 0.6 is 11.3 Å². The Morgan fingerprint density at radius 1 is 1.58 bits per heavy atom. The Labute approximate surface area is 75.1 Å². The topological polar surface area (TPSA) is 34.5 Å². The summed E-state index contributed by atoms with van der Waals surface area (Å²) in [7, 11) is 0. The van der Waals surface area contributed by atoms with Gasteiger partial charge in [-0.3, -0.25) is 0 Å². The summed E-state index contributed by atoms with van der Waals surface area (Å²) in [6.45, 7) is 3.92. The Kier molecular flexibility index (Phi) is 1.84. The molecule has 0 aromatic carbocycles. The van der Waals surface area contributed by atoms with Crippen molar-refractivity contribution in [1.29, 1.82) is 0 Å². The van der Waals surface area contributed by atoms with Gasteiger partial charge in [-0.1, -0.05) is 0 Å². The van der Waals surface area contributed by atoms with Crippen LogP contribution in [0.15, 0.2) is 16.6 Å². The number of thiazole rings is 1. The van der Waals surface area contributed by atoms with Crippen molar-refractivity contribution in [3.05, 3.63) is 16.6 Å². The summed E-state index contributed by atoms with van der Waals surface area (Å²) in [5.74, 6) is 0.766. The van der Waals surface area contributed by atoms with Gasteiger partial charge in [0.05, 0.1) is 6.04 Å². The van der Waals surface area contributed by atoms with E-state index in [1.54, 1.807) is 17.5 Å². The summed E-state index contributed by atoms with van der Waals surface area (Å²) in [6.07, 6.45) is 1.84. The molecule has 3 nitrogen and oxygen atoms in total. The molecule has 12 heavy (non-hydrogen) atoms. The number of nitrogens with zero attached hydrogens (tertiary/aromatic N) is 2. The zero-order valence-corrected chi connectivity index (χ0v) is 7.84. The predicted octanol–water partition coefficient (Wildman–Crippen LogP) is 2.02. The molecule has 2 rings (SSSR count). The zero-order chi connectivity index (χ0) is 8.55. The molecule has 0 fully saturated rings. The lowest BCUT2D eigenvalue weighted by Crippen LogP contribution is -2.09. The summed E-state index contributed by atoms with van der Waals surface area (Å²) in [6, 6.07) is 0.205. The van der Waals surface area contributed by atoms with Gasteiger partial charge in [0.15, 0.2) is 12.0 Å². The minimum absolute atomic E-state index is 0.0463. The lowest BCUT2D eigenvalue weighted by molar-refractivity contribution is 0.200. The number of ether oxygens (including phenoxy) is 1. The van der Waals surface area contributed by atoms with Crippen molar-refractivity contribution >= 4 is 17.2 Å². The maximum absolute atomic E-state index is 5.52. The quantitative estimate of drug-likeness (QED) is 0.666. The molecule has 2 atom stereocenters. The van der Waals surface area contributed by atoms with Crippen LogP contribution in [-0.2, 0) is 4.74 Å². The highest BCUT2D eigenvalue weighted by molar-refractivity contribution is 7.09. The highest BCUT2D eigenvalue weighted by Crippen LogP contribution is 2.29. The van der Waals surface area contributed by atoms with Gasteiger partial charge in [0.25, 0.3) is 0 Å². The van der Waals surface area contributed by atoms with Crippen LogP contribution in [0.4, 0.5) is 0 Å². The molecule has 0 N–H and O–H groups in total. The van der Waals surface area contributed by atoms with E-state index < -0.39 is 0 Å². The van der Waals surface area contributed by atoms with Gasteiger partial charge in [-0.2, -0.15) is 0 Å². The van der Waals surface area contributed by atoms with Crippen molar-refractivity contribution in [1.82, 2.24) is 4.98 Å². The molecule has 0 amide bonds. The molecule has 4 heteroatoms. The summed E-state index contributed by atoms with van der Waals surface area (Å²) >= 11 is 1.62. The maximum atomic E-state index is 5.52. The summed E-state index contributed by atoms with van der Waals surface area (Å²) in [5.41, 5.74) is 0. The van der Waals surface area contributed by atoms with Gasteiger partial charge < -0.3 is 4.74 Å². The maximum Gasteiger partial charge on any atom is 0.181 e. The number of hydrogen-bond donors (Lipinski definition) is 0. The van der Waals surface area contributed by atoms with E-state index in [0.717, 1.165) is 10.9 Å². The molecule has 64 valence electrons. The number of aromatic nitrogens is 1. The Hall–Kier alpha value is -0.900. The van der Waals surface area contributed by atoms with E-state index in [-0.39, 0.29) is 12.1 Å². The number of rotatable bonds is 1.